The van der Waals surface area contributed by atoms with Gasteiger partial charge in [0, 0.05) is 22.9 Å². The quantitative estimate of drug-likeness (QED) is 0.249. The van der Waals surface area contributed by atoms with Crippen LogP contribution in [-0.4, -0.2) is 30.2 Å². The Morgan fingerprint density at radius 3 is 2.32 bits per heavy atom. The van der Waals surface area contributed by atoms with Crippen LogP contribution in [0.25, 0.3) is 21.5 Å². The van der Waals surface area contributed by atoms with Crippen LogP contribution in [0.4, 0.5) is 5.69 Å². The zero-order valence-corrected chi connectivity index (χ0v) is 18.2. The summed E-state index contributed by atoms with van der Waals surface area (Å²) in [4.78, 5) is 36.8. The second-order valence-electron chi connectivity index (χ2n) is 8.15. The topological polar surface area (TPSA) is 124 Å². The molecular weight excluding hydrogens is 460 g/mol. The third-order valence-electron chi connectivity index (χ3n) is 6.28. The van der Waals surface area contributed by atoms with E-state index in [1.807, 2.05) is 6.07 Å². The summed E-state index contributed by atoms with van der Waals surface area (Å²) in [7, 11) is -4.61. The van der Waals surface area contributed by atoms with Crippen molar-refractivity contribution < 1.29 is 27.2 Å². The number of imide groups is 1. The number of carbonyl (C=O) groups excluding carboxylic acids is 2. The average molecular weight is 474 g/mol. The summed E-state index contributed by atoms with van der Waals surface area (Å²) >= 11 is 0. The zero-order chi connectivity index (χ0) is 23.8. The maximum Gasteiger partial charge on any atom is 0.318 e. The Labute approximate surface area is 192 Å². The number of rotatable bonds is 4. The van der Waals surface area contributed by atoms with Crippen LogP contribution in [0, 0.1) is 10.1 Å². The van der Waals surface area contributed by atoms with Gasteiger partial charge in [-0.3, -0.25) is 19.7 Å². The number of amides is 2. The predicted molar refractivity (Wildman–Crippen MR) is 121 cm³/mol. The Morgan fingerprint density at radius 1 is 0.853 bits per heavy atom. The van der Waals surface area contributed by atoms with E-state index in [1.54, 1.807) is 18.2 Å². The number of hydrogen-bond donors (Lipinski definition) is 0. The molecule has 0 unspecified atom stereocenters. The van der Waals surface area contributed by atoms with Gasteiger partial charge in [-0.2, -0.15) is 8.42 Å². The molecule has 0 saturated heterocycles. The molecule has 1 aliphatic heterocycles. The van der Waals surface area contributed by atoms with Crippen LogP contribution in [0.5, 0.6) is 0 Å². The first-order chi connectivity index (χ1) is 16.3. The Kier molecular flexibility index (Phi) is 4.17. The number of non-ortho nitro benzene ring substituents is 1. The van der Waals surface area contributed by atoms with E-state index in [2.05, 4.69) is 0 Å². The second kappa shape index (κ2) is 6.92. The molecule has 6 rings (SSSR count). The number of benzene rings is 4. The minimum absolute atomic E-state index is 0.0117. The van der Waals surface area contributed by atoms with Crippen LogP contribution in [0.15, 0.2) is 65.6 Å². The third kappa shape index (κ3) is 2.79. The molecule has 4 aromatic carbocycles. The lowest BCUT2D eigenvalue weighted by Gasteiger charge is -2.25. The summed E-state index contributed by atoms with van der Waals surface area (Å²) in [5, 5.41) is 13.3. The van der Waals surface area contributed by atoms with Gasteiger partial charge in [0.05, 0.1) is 16.1 Å². The van der Waals surface area contributed by atoms with Crippen LogP contribution in [0.2, 0.25) is 0 Å². The van der Waals surface area contributed by atoms with Gasteiger partial charge in [0.1, 0.15) is 4.90 Å². The molecule has 0 fully saturated rings. The van der Waals surface area contributed by atoms with Crippen LogP contribution < -0.4 is 0 Å². The predicted octanol–water partition coefficient (Wildman–Crippen LogP) is 3.92. The lowest BCUT2D eigenvalue weighted by molar-refractivity contribution is -0.384. The van der Waals surface area contributed by atoms with Gasteiger partial charge in [-0.25, -0.2) is 0 Å². The highest BCUT2D eigenvalue weighted by molar-refractivity contribution is 7.87. The normalized spacial score (nSPS) is 14.9. The smallest absolute Gasteiger partial charge is 0.266 e. The number of hydrogen-bond acceptors (Lipinski definition) is 7. The van der Waals surface area contributed by atoms with Gasteiger partial charge >= 0.3 is 10.1 Å². The Balaban J connectivity index is 1.48. The van der Waals surface area contributed by atoms with Crippen molar-refractivity contribution in [3.05, 3.63) is 93.0 Å². The molecule has 0 bridgehead atoms. The summed E-state index contributed by atoms with van der Waals surface area (Å²) in [6.45, 7) is 0. The Bertz CT molecular complexity index is 1720. The van der Waals surface area contributed by atoms with E-state index in [0.29, 0.717) is 10.8 Å². The maximum atomic E-state index is 13.3. The van der Waals surface area contributed by atoms with Gasteiger partial charge in [-0.15, -0.1) is 9.35 Å². The summed E-state index contributed by atoms with van der Waals surface area (Å²) < 4.78 is 31.7. The molecule has 0 saturated carbocycles. The van der Waals surface area contributed by atoms with E-state index in [4.69, 9.17) is 4.28 Å². The van der Waals surface area contributed by atoms with Crippen molar-refractivity contribution in [3.8, 4) is 0 Å². The molecule has 1 aliphatic carbocycles. The van der Waals surface area contributed by atoms with Crippen molar-refractivity contribution in [2.75, 3.05) is 0 Å². The molecule has 9 nitrogen and oxygen atoms in total. The molecule has 168 valence electrons. The van der Waals surface area contributed by atoms with Gasteiger partial charge in [0.15, 0.2) is 0 Å². The standard InChI is InChI=1S/C24H14N2O7S/c27-23-18-6-2-4-15-11-16(26(29)30)12-19(22(15)18)24(28)25(23)33-34(31,32)20-10-9-14-8-7-13-3-1-5-17(20)21(13)14/h1-6,9-12H,7-8H2. The zero-order valence-electron chi connectivity index (χ0n) is 17.3. The minimum atomic E-state index is -4.61. The molecule has 0 atom stereocenters. The molecule has 10 heteroatoms. The van der Waals surface area contributed by atoms with Crippen molar-refractivity contribution in [1.29, 1.82) is 0 Å². The van der Waals surface area contributed by atoms with Crippen LogP contribution in [0.1, 0.15) is 31.8 Å². The number of nitro benzene ring substituents is 1. The molecule has 1 heterocycles. The highest BCUT2D eigenvalue weighted by Crippen LogP contribution is 2.37. The number of carbonyl (C=O) groups is 2. The van der Waals surface area contributed by atoms with Crippen molar-refractivity contribution in [1.82, 2.24) is 5.06 Å². The summed E-state index contributed by atoms with van der Waals surface area (Å²) in [6, 6.07) is 15.2. The van der Waals surface area contributed by atoms with E-state index >= 15 is 0 Å². The minimum Gasteiger partial charge on any atom is -0.266 e. The molecule has 0 N–H and O–H groups in total. The molecule has 4 aromatic rings. The first-order valence-corrected chi connectivity index (χ1v) is 11.7. The lowest BCUT2D eigenvalue weighted by atomic mass is 9.94. The highest BCUT2D eigenvalue weighted by Gasteiger charge is 2.39. The van der Waals surface area contributed by atoms with Crippen LogP contribution in [-0.2, 0) is 27.2 Å². The number of nitrogens with zero attached hydrogens (tertiary/aromatic N) is 2. The van der Waals surface area contributed by atoms with E-state index in [0.717, 1.165) is 35.4 Å². The fourth-order valence-corrected chi connectivity index (χ4v) is 5.91. The lowest BCUT2D eigenvalue weighted by Crippen LogP contribution is -2.41. The van der Waals surface area contributed by atoms with Crippen molar-refractivity contribution in [2.24, 2.45) is 0 Å². The van der Waals surface area contributed by atoms with Crippen LogP contribution in [0.3, 0.4) is 0 Å². The van der Waals surface area contributed by atoms with Gasteiger partial charge in [-0.1, -0.05) is 36.4 Å². The summed E-state index contributed by atoms with van der Waals surface area (Å²) in [5.41, 5.74) is 1.50. The first-order valence-electron chi connectivity index (χ1n) is 10.3. The molecular formula is C24H14N2O7S. The summed E-state index contributed by atoms with van der Waals surface area (Å²) in [5.74, 6) is -2.06. The fraction of sp³-hybridized carbons (Fsp3) is 0.0833. The third-order valence-corrected chi connectivity index (χ3v) is 7.52. The van der Waals surface area contributed by atoms with Crippen molar-refractivity contribution >= 4 is 49.2 Å². The first kappa shape index (κ1) is 20.5. The Morgan fingerprint density at radius 2 is 1.56 bits per heavy atom. The van der Waals surface area contributed by atoms with Crippen LogP contribution >= 0.6 is 0 Å². The van der Waals surface area contributed by atoms with E-state index in [1.165, 1.54) is 30.3 Å². The van der Waals surface area contributed by atoms with Gasteiger partial charge < -0.3 is 0 Å². The molecule has 0 radical (unpaired) electrons. The largest absolute Gasteiger partial charge is 0.318 e. The van der Waals surface area contributed by atoms with E-state index in [-0.39, 0.29) is 32.2 Å². The highest BCUT2D eigenvalue weighted by atomic mass is 32.2. The maximum absolute atomic E-state index is 13.3. The van der Waals surface area contributed by atoms with Gasteiger partial charge in [-0.05, 0) is 46.9 Å². The van der Waals surface area contributed by atoms with Gasteiger partial charge in [0.2, 0.25) is 0 Å². The molecule has 2 aliphatic rings. The van der Waals surface area contributed by atoms with E-state index in [9.17, 15) is 28.1 Å². The number of nitro groups is 1. The monoisotopic (exact) mass is 474 g/mol. The summed E-state index contributed by atoms with van der Waals surface area (Å²) in [6.07, 6.45) is 1.58. The number of aryl methyl sites for hydroxylation is 2. The molecule has 2 amide bonds. The Hall–Kier alpha value is -4.15. The number of hydroxylamine groups is 2. The van der Waals surface area contributed by atoms with E-state index < -0.39 is 26.9 Å². The SMILES string of the molecule is O=C1c2cccc3cc([N+](=O)[O-])cc(c23)C(=O)N1OS(=O)(=O)c1ccc2c3c(cccc13)CC2. The van der Waals surface area contributed by atoms with Crippen molar-refractivity contribution in [2.45, 2.75) is 17.7 Å². The molecule has 0 aromatic heterocycles. The second-order valence-corrected chi connectivity index (χ2v) is 9.65. The van der Waals surface area contributed by atoms with Gasteiger partial charge in [0.25, 0.3) is 17.5 Å². The van der Waals surface area contributed by atoms with Crippen molar-refractivity contribution in [3.63, 3.8) is 0 Å². The molecule has 0 spiro atoms. The molecule has 34 heavy (non-hydrogen) atoms. The fourth-order valence-electron chi connectivity index (χ4n) is 4.82. The average Bonchev–Trinajstić information content (AvgIpc) is 3.24.